The minimum Gasteiger partial charge on any atom is -0.454 e. The molecule has 0 spiro atoms. The Morgan fingerprint density at radius 3 is 1.90 bits per heavy atom. The van der Waals surface area contributed by atoms with Gasteiger partial charge in [0.2, 0.25) is 5.91 Å². The van der Waals surface area contributed by atoms with E-state index in [9.17, 15) is 19.2 Å². The Morgan fingerprint density at radius 1 is 0.839 bits per heavy atom. The van der Waals surface area contributed by atoms with E-state index < -0.39 is 24.4 Å². The molecule has 31 heavy (non-hydrogen) atoms. The van der Waals surface area contributed by atoms with Gasteiger partial charge in [-0.2, -0.15) is 0 Å². The summed E-state index contributed by atoms with van der Waals surface area (Å²) < 4.78 is 4.88. The largest absolute Gasteiger partial charge is 0.454 e. The Balaban J connectivity index is 1.74. The average molecular weight is 425 g/mol. The summed E-state index contributed by atoms with van der Waals surface area (Å²) in [6, 6.07) is 13.6. The van der Waals surface area contributed by atoms with Crippen molar-refractivity contribution in [3.05, 3.63) is 59.7 Å². The molecule has 0 atom stereocenters. The Hall–Kier alpha value is -3.68. The van der Waals surface area contributed by atoms with Crippen molar-refractivity contribution in [2.45, 2.75) is 33.1 Å². The van der Waals surface area contributed by atoms with E-state index in [2.05, 4.69) is 36.7 Å². The van der Waals surface area contributed by atoms with E-state index in [-0.39, 0.29) is 17.9 Å². The fourth-order valence-electron chi connectivity index (χ4n) is 2.61. The number of nitrogens with one attached hydrogen (secondary N) is 3. The molecule has 0 unspecified atom stereocenters. The highest BCUT2D eigenvalue weighted by Crippen LogP contribution is 2.22. The first-order valence-electron chi connectivity index (χ1n) is 9.76. The molecule has 0 saturated heterocycles. The van der Waals surface area contributed by atoms with Crippen LogP contribution in [0.2, 0.25) is 0 Å². The number of rotatable bonds is 7. The maximum absolute atomic E-state index is 12.2. The molecule has 3 N–H and O–H groups in total. The lowest BCUT2D eigenvalue weighted by Crippen LogP contribution is -2.32. The van der Waals surface area contributed by atoms with Crippen molar-refractivity contribution in [2.75, 3.05) is 23.8 Å². The predicted octanol–water partition coefficient (Wildman–Crippen LogP) is 2.85. The summed E-state index contributed by atoms with van der Waals surface area (Å²) in [6.07, 6.45) is 0. The standard InChI is InChI=1S/C23H27N3O5/c1-15(27)25-18-9-11-19(12-10-18)26-20(28)14-31-21(29)13-24-22(30)16-5-7-17(8-6-16)23(2,3)4/h5-12H,13-14H2,1-4H3,(H,24,30)(H,25,27)(H,26,28). The number of hydrogen-bond acceptors (Lipinski definition) is 5. The third-order valence-corrected chi connectivity index (χ3v) is 4.26. The van der Waals surface area contributed by atoms with E-state index in [1.807, 2.05) is 12.1 Å². The SMILES string of the molecule is CC(=O)Nc1ccc(NC(=O)COC(=O)CNC(=O)c2ccc(C(C)(C)C)cc2)cc1. The molecule has 2 aromatic carbocycles. The van der Waals surface area contributed by atoms with Crippen LogP contribution in [-0.4, -0.2) is 36.8 Å². The van der Waals surface area contributed by atoms with Crippen LogP contribution in [0.15, 0.2) is 48.5 Å². The Labute approximate surface area is 181 Å². The van der Waals surface area contributed by atoms with Crippen molar-refractivity contribution >= 4 is 35.1 Å². The molecule has 0 heterocycles. The number of anilines is 2. The normalized spacial score (nSPS) is 10.7. The molecule has 0 aliphatic heterocycles. The van der Waals surface area contributed by atoms with Gasteiger partial charge >= 0.3 is 5.97 Å². The van der Waals surface area contributed by atoms with Crippen LogP contribution in [0.4, 0.5) is 11.4 Å². The molecule has 2 aromatic rings. The number of esters is 1. The molecule has 0 radical (unpaired) electrons. The minimum atomic E-state index is -0.726. The van der Waals surface area contributed by atoms with Crippen molar-refractivity contribution < 1.29 is 23.9 Å². The molecule has 3 amide bonds. The maximum atomic E-state index is 12.2. The second-order valence-electron chi connectivity index (χ2n) is 7.98. The summed E-state index contributed by atoms with van der Waals surface area (Å²) in [4.78, 5) is 46.9. The first-order chi connectivity index (χ1) is 14.5. The number of carbonyl (C=O) groups excluding carboxylic acids is 4. The van der Waals surface area contributed by atoms with Crippen LogP contribution in [0.1, 0.15) is 43.6 Å². The summed E-state index contributed by atoms with van der Waals surface area (Å²) in [5, 5.41) is 7.66. The predicted molar refractivity (Wildman–Crippen MR) is 118 cm³/mol. The highest BCUT2D eigenvalue weighted by molar-refractivity contribution is 5.97. The van der Waals surface area contributed by atoms with Gasteiger partial charge in [0.25, 0.3) is 11.8 Å². The molecule has 0 saturated carbocycles. The van der Waals surface area contributed by atoms with Gasteiger partial charge in [0.05, 0.1) is 0 Å². The van der Waals surface area contributed by atoms with E-state index >= 15 is 0 Å². The number of hydrogen-bond donors (Lipinski definition) is 3. The Kier molecular flexibility index (Phi) is 7.90. The maximum Gasteiger partial charge on any atom is 0.325 e. The van der Waals surface area contributed by atoms with Gasteiger partial charge in [-0.3, -0.25) is 19.2 Å². The van der Waals surface area contributed by atoms with Crippen LogP contribution in [-0.2, 0) is 24.5 Å². The van der Waals surface area contributed by atoms with E-state index in [0.717, 1.165) is 5.56 Å². The lowest BCUT2D eigenvalue weighted by Gasteiger charge is -2.19. The number of carbonyl (C=O) groups is 4. The quantitative estimate of drug-likeness (QED) is 0.591. The summed E-state index contributed by atoms with van der Waals surface area (Å²) in [6.45, 7) is 6.80. The third kappa shape index (κ3) is 7.93. The second-order valence-corrected chi connectivity index (χ2v) is 7.98. The third-order valence-electron chi connectivity index (χ3n) is 4.26. The molecule has 2 rings (SSSR count). The zero-order chi connectivity index (χ0) is 23.0. The van der Waals surface area contributed by atoms with Gasteiger partial charge in [0.1, 0.15) is 6.54 Å². The van der Waals surface area contributed by atoms with Gasteiger partial charge < -0.3 is 20.7 Å². The van der Waals surface area contributed by atoms with E-state index in [0.29, 0.717) is 16.9 Å². The monoisotopic (exact) mass is 425 g/mol. The van der Waals surface area contributed by atoms with Crippen molar-refractivity contribution in [1.29, 1.82) is 0 Å². The first-order valence-corrected chi connectivity index (χ1v) is 9.76. The van der Waals surface area contributed by atoms with Crippen LogP contribution < -0.4 is 16.0 Å². The number of ether oxygens (including phenoxy) is 1. The minimum absolute atomic E-state index is 0.0210. The number of amides is 3. The Bertz CT molecular complexity index is 945. The van der Waals surface area contributed by atoms with Crippen LogP contribution in [0, 0.1) is 0 Å². The molecule has 0 aliphatic rings. The van der Waals surface area contributed by atoms with Crippen LogP contribution in [0.3, 0.4) is 0 Å². The molecule has 0 aromatic heterocycles. The summed E-state index contributed by atoms with van der Waals surface area (Å²) >= 11 is 0. The fourth-order valence-corrected chi connectivity index (χ4v) is 2.61. The highest BCUT2D eigenvalue weighted by atomic mass is 16.5. The van der Waals surface area contributed by atoms with Crippen LogP contribution >= 0.6 is 0 Å². The molecule has 164 valence electrons. The highest BCUT2D eigenvalue weighted by Gasteiger charge is 2.15. The van der Waals surface area contributed by atoms with Crippen LogP contribution in [0.25, 0.3) is 0 Å². The van der Waals surface area contributed by atoms with Gasteiger partial charge in [-0.1, -0.05) is 32.9 Å². The van der Waals surface area contributed by atoms with E-state index in [1.54, 1.807) is 36.4 Å². The van der Waals surface area contributed by atoms with E-state index in [1.165, 1.54) is 6.92 Å². The van der Waals surface area contributed by atoms with Gasteiger partial charge in [-0.05, 0) is 47.4 Å². The average Bonchev–Trinajstić information content (AvgIpc) is 2.71. The van der Waals surface area contributed by atoms with Crippen molar-refractivity contribution in [1.82, 2.24) is 5.32 Å². The van der Waals surface area contributed by atoms with E-state index in [4.69, 9.17) is 4.74 Å². The lowest BCUT2D eigenvalue weighted by molar-refractivity contribution is -0.146. The lowest BCUT2D eigenvalue weighted by atomic mass is 9.87. The van der Waals surface area contributed by atoms with Gasteiger partial charge in [0.15, 0.2) is 6.61 Å². The van der Waals surface area contributed by atoms with Crippen molar-refractivity contribution in [3.63, 3.8) is 0 Å². The summed E-state index contributed by atoms with van der Waals surface area (Å²) in [5.74, 6) is -1.85. The van der Waals surface area contributed by atoms with Gasteiger partial charge in [-0.15, -0.1) is 0 Å². The number of benzene rings is 2. The molecule has 8 nitrogen and oxygen atoms in total. The van der Waals surface area contributed by atoms with Crippen molar-refractivity contribution in [3.8, 4) is 0 Å². The molecule has 8 heteroatoms. The zero-order valence-electron chi connectivity index (χ0n) is 18.1. The molecule has 0 fully saturated rings. The molecular formula is C23H27N3O5. The smallest absolute Gasteiger partial charge is 0.325 e. The Morgan fingerprint density at radius 2 is 1.39 bits per heavy atom. The van der Waals surface area contributed by atoms with Crippen molar-refractivity contribution in [2.24, 2.45) is 0 Å². The summed E-state index contributed by atoms with van der Waals surface area (Å²) in [7, 11) is 0. The second kappa shape index (κ2) is 10.4. The molecule has 0 aliphatic carbocycles. The molecular weight excluding hydrogens is 398 g/mol. The van der Waals surface area contributed by atoms with Crippen LogP contribution in [0.5, 0.6) is 0 Å². The fraction of sp³-hybridized carbons (Fsp3) is 0.304. The topological polar surface area (TPSA) is 114 Å². The first kappa shape index (κ1) is 23.6. The van der Waals surface area contributed by atoms with Gasteiger partial charge in [0, 0.05) is 23.9 Å². The molecule has 0 bridgehead atoms. The summed E-state index contributed by atoms with van der Waals surface area (Å²) in [5.41, 5.74) is 2.59. The zero-order valence-corrected chi connectivity index (χ0v) is 18.1. The van der Waals surface area contributed by atoms with Gasteiger partial charge in [-0.25, -0.2) is 0 Å².